The molecule has 2 atom stereocenters. The number of carbonyl (C=O) groups excluding carboxylic acids is 1. The van der Waals surface area contributed by atoms with E-state index in [0.29, 0.717) is 36.7 Å². The van der Waals surface area contributed by atoms with Gasteiger partial charge in [-0.25, -0.2) is 4.79 Å². The second-order valence-corrected chi connectivity index (χ2v) is 6.13. The summed E-state index contributed by atoms with van der Waals surface area (Å²) in [6.45, 7) is 3.01. The lowest BCUT2D eigenvalue weighted by Crippen LogP contribution is -2.48. The first-order chi connectivity index (χ1) is 11.0. The minimum atomic E-state index is -0.847. The Kier molecular flexibility index (Phi) is 6.10. The second-order valence-electron chi connectivity index (χ2n) is 5.70. The number of nitrogens with zero attached hydrogens (tertiary/aromatic N) is 1. The number of aliphatic carboxylic acids is 1. The van der Waals surface area contributed by atoms with Crippen molar-refractivity contribution in [1.82, 2.24) is 10.2 Å². The predicted molar refractivity (Wildman–Crippen MR) is 86.9 cm³/mol. The largest absolute Gasteiger partial charge is 0.489 e. The Labute approximate surface area is 140 Å². The number of nitrogens with one attached hydrogen (secondary N) is 1. The molecule has 1 aliphatic heterocycles. The minimum Gasteiger partial charge on any atom is -0.489 e. The van der Waals surface area contributed by atoms with E-state index in [1.54, 1.807) is 29.2 Å². The number of ether oxygens (including phenoxy) is 1. The molecule has 1 heterocycles. The zero-order valence-corrected chi connectivity index (χ0v) is 13.8. The normalized spacial score (nSPS) is 19.0. The van der Waals surface area contributed by atoms with Crippen LogP contribution in [0.2, 0.25) is 5.02 Å². The molecule has 0 spiro atoms. The van der Waals surface area contributed by atoms with Gasteiger partial charge in [0.25, 0.3) is 0 Å². The molecule has 0 radical (unpaired) electrons. The van der Waals surface area contributed by atoms with E-state index in [1.807, 2.05) is 6.92 Å². The third-order valence-electron chi connectivity index (χ3n) is 3.73. The minimum absolute atomic E-state index is 0.225. The summed E-state index contributed by atoms with van der Waals surface area (Å²) < 4.78 is 5.68. The Morgan fingerprint density at radius 1 is 1.52 bits per heavy atom. The van der Waals surface area contributed by atoms with Crippen molar-refractivity contribution >= 4 is 23.6 Å². The van der Waals surface area contributed by atoms with Crippen molar-refractivity contribution in [3.8, 4) is 5.75 Å². The highest BCUT2D eigenvalue weighted by atomic mass is 35.5. The van der Waals surface area contributed by atoms with Crippen LogP contribution in [0.1, 0.15) is 19.8 Å². The van der Waals surface area contributed by atoms with Gasteiger partial charge in [0.1, 0.15) is 11.9 Å². The smallest absolute Gasteiger partial charge is 0.317 e. The van der Waals surface area contributed by atoms with Gasteiger partial charge < -0.3 is 20.1 Å². The summed E-state index contributed by atoms with van der Waals surface area (Å²) in [6.07, 6.45) is 1.10. The highest BCUT2D eigenvalue weighted by molar-refractivity contribution is 6.30. The Bertz CT molecular complexity index is 567. The third kappa shape index (κ3) is 5.32. The Morgan fingerprint density at radius 2 is 2.30 bits per heavy atom. The SMILES string of the molecule is CC(CNC(=O)N1CCCC(C(=O)O)C1)Oc1cccc(Cl)c1. The van der Waals surface area contributed by atoms with Crippen molar-refractivity contribution in [2.45, 2.75) is 25.9 Å². The summed E-state index contributed by atoms with van der Waals surface area (Å²) in [5.74, 6) is -0.682. The van der Waals surface area contributed by atoms with Gasteiger partial charge in [0.15, 0.2) is 0 Å². The molecule has 1 fully saturated rings. The van der Waals surface area contributed by atoms with Gasteiger partial charge in [0.2, 0.25) is 0 Å². The molecule has 23 heavy (non-hydrogen) atoms. The topological polar surface area (TPSA) is 78.9 Å². The standard InChI is InChI=1S/C16H21ClN2O4/c1-11(23-14-6-2-5-13(17)8-14)9-18-16(22)19-7-3-4-12(10-19)15(20)21/h2,5-6,8,11-12H,3-4,7,9-10H2,1H3,(H,18,22)(H,20,21). The van der Waals surface area contributed by atoms with Crippen LogP contribution in [0.25, 0.3) is 0 Å². The molecule has 0 aromatic heterocycles. The van der Waals surface area contributed by atoms with Crippen LogP contribution in [-0.4, -0.2) is 47.7 Å². The van der Waals surface area contributed by atoms with Crippen molar-refractivity contribution < 1.29 is 19.4 Å². The van der Waals surface area contributed by atoms with Crippen molar-refractivity contribution in [3.63, 3.8) is 0 Å². The van der Waals surface area contributed by atoms with E-state index in [-0.39, 0.29) is 18.7 Å². The van der Waals surface area contributed by atoms with Crippen molar-refractivity contribution in [2.75, 3.05) is 19.6 Å². The molecule has 7 heteroatoms. The number of carboxylic acids is 1. The van der Waals surface area contributed by atoms with Gasteiger partial charge in [-0.1, -0.05) is 17.7 Å². The number of halogens is 1. The average Bonchev–Trinajstić information content (AvgIpc) is 2.52. The van der Waals surface area contributed by atoms with E-state index in [0.717, 1.165) is 0 Å². The van der Waals surface area contributed by atoms with E-state index in [2.05, 4.69) is 5.32 Å². The number of rotatable bonds is 5. The number of likely N-dealkylation sites (tertiary alicyclic amines) is 1. The monoisotopic (exact) mass is 340 g/mol. The molecule has 2 amide bonds. The summed E-state index contributed by atoms with van der Waals surface area (Å²) >= 11 is 5.89. The molecule has 6 nitrogen and oxygen atoms in total. The third-order valence-corrected chi connectivity index (χ3v) is 3.97. The maximum atomic E-state index is 12.1. The number of hydrogen-bond donors (Lipinski definition) is 2. The van der Waals surface area contributed by atoms with Gasteiger partial charge in [0, 0.05) is 18.1 Å². The van der Waals surface area contributed by atoms with Crippen LogP contribution in [0.4, 0.5) is 4.79 Å². The van der Waals surface area contributed by atoms with Crippen molar-refractivity contribution in [2.24, 2.45) is 5.92 Å². The molecule has 1 aromatic carbocycles. The fraction of sp³-hybridized carbons (Fsp3) is 0.500. The molecular formula is C16H21ClN2O4. The zero-order chi connectivity index (χ0) is 16.8. The average molecular weight is 341 g/mol. The van der Waals surface area contributed by atoms with Gasteiger partial charge in [-0.15, -0.1) is 0 Å². The Hall–Kier alpha value is -1.95. The van der Waals surface area contributed by atoms with Crippen LogP contribution >= 0.6 is 11.6 Å². The van der Waals surface area contributed by atoms with Crippen LogP contribution in [0.15, 0.2) is 24.3 Å². The molecule has 1 aliphatic rings. The molecule has 126 valence electrons. The Balaban J connectivity index is 1.78. The number of urea groups is 1. The number of hydrogen-bond acceptors (Lipinski definition) is 3. The molecule has 2 N–H and O–H groups in total. The molecule has 2 unspecified atom stereocenters. The van der Waals surface area contributed by atoms with Gasteiger partial charge in [-0.3, -0.25) is 4.79 Å². The maximum absolute atomic E-state index is 12.1. The fourth-order valence-electron chi connectivity index (χ4n) is 2.52. The molecule has 0 saturated carbocycles. The molecule has 0 aliphatic carbocycles. The summed E-state index contributed by atoms with van der Waals surface area (Å²) in [7, 11) is 0. The number of benzene rings is 1. The van der Waals surface area contributed by atoms with Crippen molar-refractivity contribution in [1.29, 1.82) is 0 Å². The molecule has 1 aromatic rings. The van der Waals surface area contributed by atoms with Gasteiger partial charge in [0.05, 0.1) is 12.5 Å². The van der Waals surface area contributed by atoms with Crippen LogP contribution in [-0.2, 0) is 4.79 Å². The summed E-state index contributed by atoms with van der Waals surface area (Å²) in [6, 6.07) is 6.81. The lowest BCUT2D eigenvalue weighted by molar-refractivity contribution is -0.143. The van der Waals surface area contributed by atoms with Crippen LogP contribution in [0, 0.1) is 5.92 Å². The first kappa shape index (κ1) is 17.4. The number of piperidine rings is 1. The first-order valence-corrected chi connectivity index (χ1v) is 8.01. The van der Waals surface area contributed by atoms with Crippen LogP contribution < -0.4 is 10.1 Å². The fourth-order valence-corrected chi connectivity index (χ4v) is 2.70. The first-order valence-electron chi connectivity index (χ1n) is 7.63. The number of carboxylic acid groups (broad SMARTS) is 1. The van der Waals surface area contributed by atoms with Crippen molar-refractivity contribution in [3.05, 3.63) is 29.3 Å². The molecule has 0 bridgehead atoms. The van der Waals surface area contributed by atoms with Gasteiger partial charge >= 0.3 is 12.0 Å². The van der Waals surface area contributed by atoms with E-state index in [1.165, 1.54) is 0 Å². The quantitative estimate of drug-likeness (QED) is 0.863. The second kappa shape index (κ2) is 8.06. The Morgan fingerprint density at radius 3 is 3.00 bits per heavy atom. The van der Waals surface area contributed by atoms with Crippen LogP contribution in [0.5, 0.6) is 5.75 Å². The zero-order valence-electron chi connectivity index (χ0n) is 13.0. The summed E-state index contributed by atoms with van der Waals surface area (Å²) in [5, 5.41) is 12.4. The van der Waals surface area contributed by atoms with E-state index >= 15 is 0 Å². The van der Waals surface area contributed by atoms with Gasteiger partial charge in [-0.05, 0) is 38.0 Å². The summed E-state index contributed by atoms with van der Waals surface area (Å²) in [4.78, 5) is 24.7. The predicted octanol–water partition coefficient (Wildman–Crippen LogP) is 2.61. The van der Waals surface area contributed by atoms with E-state index in [9.17, 15) is 9.59 Å². The molecular weight excluding hydrogens is 320 g/mol. The lowest BCUT2D eigenvalue weighted by Gasteiger charge is -2.31. The molecule has 2 rings (SSSR count). The van der Waals surface area contributed by atoms with Crippen LogP contribution in [0.3, 0.4) is 0 Å². The molecule has 1 saturated heterocycles. The summed E-state index contributed by atoms with van der Waals surface area (Å²) in [5.41, 5.74) is 0. The van der Waals surface area contributed by atoms with E-state index < -0.39 is 11.9 Å². The van der Waals surface area contributed by atoms with Gasteiger partial charge in [-0.2, -0.15) is 0 Å². The van der Waals surface area contributed by atoms with E-state index in [4.69, 9.17) is 21.4 Å². The highest BCUT2D eigenvalue weighted by Crippen LogP contribution is 2.18. The lowest BCUT2D eigenvalue weighted by atomic mass is 9.99. The number of amides is 2. The number of carbonyl (C=O) groups is 2. The maximum Gasteiger partial charge on any atom is 0.317 e. The highest BCUT2D eigenvalue weighted by Gasteiger charge is 2.28.